The van der Waals surface area contributed by atoms with E-state index in [1.54, 1.807) is 0 Å². The number of hydrogen-bond acceptors (Lipinski definition) is 2. The lowest BCUT2D eigenvalue weighted by molar-refractivity contribution is -0.115. The Kier molecular flexibility index (Phi) is 7.05. The number of allylic oxidation sites excluding steroid dienone is 1. The maximum absolute atomic E-state index is 10.6. The van der Waals surface area contributed by atoms with Crippen LogP contribution in [0, 0.1) is 0 Å². The molecule has 2 heteroatoms. The number of ketones is 1. The van der Waals surface area contributed by atoms with Crippen LogP contribution in [0.15, 0.2) is 12.7 Å². The first-order chi connectivity index (χ1) is 5.31. The summed E-state index contributed by atoms with van der Waals surface area (Å²) in [6.07, 6.45) is 4.01. The largest absolute Gasteiger partial charge is 0.381 e. The molecule has 0 fully saturated rings. The van der Waals surface area contributed by atoms with Crippen molar-refractivity contribution >= 4 is 5.78 Å². The lowest BCUT2D eigenvalue weighted by atomic mass is 10.3. The Bertz CT molecular complexity index is 119. The Balaban J connectivity index is 3.01. The van der Waals surface area contributed by atoms with Crippen LogP contribution in [0.1, 0.15) is 26.2 Å². The van der Waals surface area contributed by atoms with Gasteiger partial charge in [-0.05, 0) is 12.5 Å². The van der Waals surface area contributed by atoms with E-state index in [4.69, 9.17) is 4.74 Å². The van der Waals surface area contributed by atoms with Gasteiger partial charge in [-0.25, -0.2) is 0 Å². The fourth-order valence-electron chi connectivity index (χ4n) is 0.623. The lowest BCUT2D eigenvalue weighted by Crippen LogP contribution is -2.01. The second kappa shape index (κ2) is 7.48. The number of rotatable bonds is 7. The summed E-state index contributed by atoms with van der Waals surface area (Å²) in [5.74, 6) is 0.0569. The average Bonchev–Trinajstić information content (AvgIpc) is 2.04. The van der Waals surface area contributed by atoms with Gasteiger partial charge in [0.2, 0.25) is 0 Å². The molecule has 11 heavy (non-hydrogen) atoms. The quantitative estimate of drug-likeness (QED) is 0.416. The van der Waals surface area contributed by atoms with Gasteiger partial charge in [0.25, 0.3) is 0 Å². The van der Waals surface area contributed by atoms with Crippen LogP contribution in [0.4, 0.5) is 0 Å². The molecule has 0 aliphatic rings. The Morgan fingerprint density at radius 3 is 2.82 bits per heavy atom. The van der Waals surface area contributed by atoms with Crippen molar-refractivity contribution in [1.29, 1.82) is 0 Å². The smallest absolute Gasteiger partial charge is 0.157 e. The maximum atomic E-state index is 10.6. The maximum Gasteiger partial charge on any atom is 0.157 e. The highest BCUT2D eigenvalue weighted by Crippen LogP contribution is 1.90. The molecule has 0 aliphatic heterocycles. The summed E-state index contributed by atoms with van der Waals surface area (Å²) in [7, 11) is 0. The predicted octanol–water partition coefficient (Wildman–Crippen LogP) is 1.95. The van der Waals surface area contributed by atoms with Crippen molar-refractivity contribution in [3.63, 3.8) is 0 Å². The van der Waals surface area contributed by atoms with Crippen molar-refractivity contribution in [3.05, 3.63) is 12.7 Å². The predicted molar refractivity (Wildman–Crippen MR) is 45.5 cm³/mol. The average molecular weight is 156 g/mol. The summed E-state index contributed by atoms with van der Waals surface area (Å²) in [5.41, 5.74) is 0. The van der Waals surface area contributed by atoms with Gasteiger partial charge in [-0.3, -0.25) is 4.79 Å². The van der Waals surface area contributed by atoms with Gasteiger partial charge in [0.05, 0.1) is 6.61 Å². The van der Waals surface area contributed by atoms with Crippen molar-refractivity contribution in [2.45, 2.75) is 26.2 Å². The Morgan fingerprint density at radius 1 is 1.55 bits per heavy atom. The fraction of sp³-hybridized carbons (Fsp3) is 0.667. The van der Waals surface area contributed by atoms with Gasteiger partial charge in [-0.1, -0.05) is 19.9 Å². The van der Waals surface area contributed by atoms with Gasteiger partial charge in [-0.2, -0.15) is 0 Å². The first-order valence-electron chi connectivity index (χ1n) is 4.04. The summed E-state index contributed by atoms with van der Waals surface area (Å²) in [5, 5.41) is 0. The molecule has 0 aromatic heterocycles. The Hall–Kier alpha value is -0.630. The third-order valence-electron chi connectivity index (χ3n) is 1.36. The minimum atomic E-state index is 0.0569. The molecule has 0 aromatic carbocycles. The summed E-state index contributed by atoms with van der Waals surface area (Å²) in [6.45, 7) is 6.78. The van der Waals surface area contributed by atoms with E-state index in [1.165, 1.54) is 6.08 Å². The molecule has 0 heterocycles. The van der Waals surface area contributed by atoms with E-state index in [0.29, 0.717) is 13.0 Å². The molecule has 0 N–H and O–H groups in total. The van der Waals surface area contributed by atoms with Crippen molar-refractivity contribution in [3.8, 4) is 0 Å². The summed E-state index contributed by atoms with van der Waals surface area (Å²) in [6, 6.07) is 0. The van der Waals surface area contributed by atoms with E-state index >= 15 is 0 Å². The molecule has 64 valence electrons. The van der Waals surface area contributed by atoms with E-state index in [0.717, 1.165) is 19.4 Å². The number of carbonyl (C=O) groups is 1. The molecule has 0 aliphatic carbocycles. The third-order valence-corrected chi connectivity index (χ3v) is 1.36. The molecule has 0 radical (unpaired) electrons. The van der Waals surface area contributed by atoms with Gasteiger partial charge in [0.1, 0.15) is 0 Å². The van der Waals surface area contributed by atoms with E-state index in [1.807, 2.05) is 0 Å². The van der Waals surface area contributed by atoms with Crippen molar-refractivity contribution in [1.82, 2.24) is 0 Å². The number of unbranched alkanes of at least 4 members (excludes halogenated alkanes) is 1. The molecule has 0 spiro atoms. The van der Waals surface area contributed by atoms with E-state index in [9.17, 15) is 4.79 Å². The molecule has 0 aromatic rings. The van der Waals surface area contributed by atoms with Crippen LogP contribution in [0.3, 0.4) is 0 Å². The molecule has 0 saturated heterocycles. The van der Waals surface area contributed by atoms with Crippen LogP contribution in [0.5, 0.6) is 0 Å². The van der Waals surface area contributed by atoms with E-state index in [-0.39, 0.29) is 5.78 Å². The highest BCUT2D eigenvalue weighted by Gasteiger charge is 1.94. The topological polar surface area (TPSA) is 26.3 Å². The summed E-state index contributed by atoms with van der Waals surface area (Å²) >= 11 is 0. The van der Waals surface area contributed by atoms with Crippen LogP contribution < -0.4 is 0 Å². The second-order valence-corrected chi connectivity index (χ2v) is 2.39. The van der Waals surface area contributed by atoms with E-state index in [2.05, 4.69) is 13.5 Å². The van der Waals surface area contributed by atoms with Crippen LogP contribution >= 0.6 is 0 Å². The first kappa shape index (κ1) is 10.4. The van der Waals surface area contributed by atoms with Crippen LogP contribution in [-0.4, -0.2) is 19.0 Å². The molecule has 0 atom stereocenters. The zero-order valence-corrected chi connectivity index (χ0v) is 7.14. The molecular weight excluding hydrogens is 140 g/mol. The zero-order valence-electron chi connectivity index (χ0n) is 7.14. The van der Waals surface area contributed by atoms with Crippen LogP contribution in [0.2, 0.25) is 0 Å². The van der Waals surface area contributed by atoms with Gasteiger partial charge >= 0.3 is 0 Å². The summed E-state index contributed by atoms with van der Waals surface area (Å²) < 4.78 is 5.18. The normalized spacial score (nSPS) is 9.55. The molecule has 0 amide bonds. The molecule has 0 rings (SSSR count). The number of carbonyl (C=O) groups excluding carboxylic acids is 1. The van der Waals surface area contributed by atoms with Gasteiger partial charge < -0.3 is 4.74 Å². The Labute approximate surface area is 68.2 Å². The fourth-order valence-corrected chi connectivity index (χ4v) is 0.623. The molecule has 0 bridgehead atoms. The van der Waals surface area contributed by atoms with Gasteiger partial charge in [0, 0.05) is 13.0 Å². The van der Waals surface area contributed by atoms with Crippen LogP contribution in [0.25, 0.3) is 0 Å². The zero-order chi connectivity index (χ0) is 8.53. The minimum absolute atomic E-state index is 0.0569. The number of hydrogen-bond donors (Lipinski definition) is 0. The van der Waals surface area contributed by atoms with Crippen molar-refractivity contribution in [2.75, 3.05) is 13.2 Å². The standard InChI is InChI=1S/C9H16O2/c1-3-5-7-11-8-6-9(10)4-2/h4H,2-3,5-8H2,1H3. The monoisotopic (exact) mass is 156 g/mol. The molecule has 0 saturated carbocycles. The summed E-state index contributed by atoms with van der Waals surface area (Å²) in [4.78, 5) is 10.6. The SMILES string of the molecule is C=CC(=O)CCOCCCC. The lowest BCUT2D eigenvalue weighted by Gasteiger charge is -1.99. The molecule has 2 nitrogen and oxygen atoms in total. The highest BCUT2D eigenvalue weighted by molar-refractivity contribution is 5.89. The first-order valence-corrected chi connectivity index (χ1v) is 4.04. The molecular formula is C9H16O2. The number of ether oxygens (including phenoxy) is 1. The Morgan fingerprint density at radius 2 is 2.27 bits per heavy atom. The highest BCUT2D eigenvalue weighted by atomic mass is 16.5. The van der Waals surface area contributed by atoms with Crippen molar-refractivity contribution in [2.24, 2.45) is 0 Å². The van der Waals surface area contributed by atoms with E-state index < -0.39 is 0 Å². The second-order valence-electron chi connectivity index (χ2n) is 2.39. The third kappa shape index (κ3) is 7.26. The van der Waals surface area contributed by atoms with Crippen LogP contribution in [-0.2, 0) is 9.53 Å². The van der Waals surface area contributed by atoms with Gasteiger partial charge in [0.15, 0.2) is 5.78 Å². The minimum Gasteiger partial charge on any atom is -0.381 e. The van der Waals surface area contributed by atoms with Gasteiger partial charge in [-0.15, -0.1) is 0 Å². The molecule has 0 unspecified atom stereocenters. The van der Waals surface area contributed by atoms with Crippen molar-refractivity contribution < 1.29 is 9.53 Å².